The smallest absolute Gasteiger partial charge is 0.235 e. The molecule has 0 saturated heterocycles. The zero-order valence-corrected chi connectivity index (χ0v) is 11.3. The molecule has 0 heterocycles. The SMILES string of the molecule is CNNC(=O)CC(N)c1cc(C)c(OC)cc1C. The molecule has 0 aliphatic carbocycles. The first-order valence-electron chi connectivity index (χ1n) is 5.86. The number of benzene rings is 1. The summed E-state index contributed by atoms with van der Waals surface area (Å²) in [7, 11) is 3.29. The van der Waals surface area contributed by atoms with Crippen LogP contribution < -0.4 is 21.3 Å². The van der Waals surface area contributed by atoms with E-state index in [1.165, 1.54) is 0 Å². The maximum Gasteiger partial charge on any atom is 0.235 e. The largest absolute Gasteiger partial charge is 0.496 e. The van der Waals surface area contributed by atoms with Crippen LogP contribution >= 0.6 is 0 Å². The Balaban J connectivity index is 2.89. The molecule has 100 valence electrons. The van der Waals surface area contributed by atoms with Gasteiger partial charge in [0.2, 0.25) is 5.91 Å². The molecule has 1 unspecified atom stereocenters. The van der Waals surface area contributed by atoms with Gasteiger partial charge in [-0.1, -0.05) is 6.07 Å². The fourth-order valence-corrected chi connectivity index (χ4v) is 1.93. The average molecular weight is 251 g/mol. The number of hydrogen-bond donors (Lipinski definition) is 3. The fourth-order valence-electron chi connectivity index (χ4n) is 1.93. The van der Waals surface area contributed by atoms with E-state index in [1.807, 2.05) is 26.0 Å². The molecule has 1 atom stereocenters. The maximum absolute atomic E-state index is 11.5. The van der Waals surface area contributed by atoms with Gasteiger partial charge in [-0.3, -0.25) is 10.2 Å². The Morgan fingerprint density at radius 1 is 1.39 bits per heavy atom. The number of hydrazine groups is 1. The summed E-state index contributed by atoms with van der Waals surface area (Å²) in [6, 6.07) is 3.61. The van der Waals surface area contributed by atoms with Crippen molar-refractivity contribution in [3.8, 4) is 5.75 Å². The normalized spacial score (nSPS) is 12.1. The van der Waals surface area contributed by atoms with Crippen LogP contribution in [-0.2, 0) is 4.79 Å². The number of rotatable bonds is 5. The number of methoxy groups -OCH3 is 1. The summed E-state index contributed by atoms with van der Waals surface area (Å²) in [4.78, 5) is 11.5. The lowest BCUT2D eigenvalue weighted by Gasteiger charge is -2.17. The molecule has 1 amide bonds. The molecule has 18 heavy (non-hydrogen) atoms. The van der Waals surface area contributed by atoms with E-state index in [0.717, 1.165) is 22.4 Å². The van der Waals surface area contributed by atoms with Gasteiger partial charge in [-0.15, -0.1) is 0 Å². The zero-order chi connectivity index (χ0) is 13.7. The van der Waals surface area contributed by atoms with E-state index in [9.17, 15) is 4.79 Å². The maximum atomic E-state index is 11.5. The minimum atomic E-state index is -0.317. The molecule has 1 aromatic rings. The number of carbonyl (C=O) groups excluding carboxylic acids is 1. The van der Waals surface area contributed by atoms with Crippen LogP contribution in [0.2, 0.25) is 0 Å². The Hall–Kier alpha value is -1.59. The molecule has 0 bridgehead atoms. The number of hydrogen-bond acceptors (Lipinski definition) is 4. The molecule has 5 heteroatoms. The van der Waals surface area contributed by atoms with Gasteiger partial charge in [-0.05, 0) is 36.6 Å². The third-order valence-corrected chi connectivity index (χ3v) is 2.85. The van der Waals surface area contributed by atoms with Crippen molar-refractivity contribution in [3.05, 3.63) is 28.8 Å². The highest BCUT2D eigenvalue weighted by molar-refractivity contribution is 5.76. The van der Waals surface area contributed by atoms with Gasteiger partial charge in [0, 0.05) is 19.5 Å². The minimum absolute atomic E-state index is 0.127. The topological polar surface area (TPSA) is 76.4 Å². The quantitative estimate of drug-likeness (QED) is 0.681. The molecule has 0 aliphatic rings. The van der Waals surface area contributed by atoms with Crippen LogP contribution in [0.4, 0.5) is 0 Å². The van der Waals surface area contributed by atoms with E-state index in [2.05, 4.69) is 10.9 Å². The molecule has 0 aliphatic heterocycles. The highest BCUT2D eigenvalue weighted by Crippen LogP contribution is 2.26. The van der Waals surface area contributed by atoms with Gasteiger partial charge in [-0.2, -0.15) is 0 Å². The van der Waals surface area contributed by atoms with Crippen molar-refractivity contribution in [1.82, 2.24) is 10.9 Å². The van der Waals surface area contributed by atoms with Crippen molar-refractivity contribution in [3.63, 3.8) is 0 Å². The second-order valence-corrected chi connectivity index (χ2v) is 4.29. The summed E-state index contributed by atoms with van der Waals surface area (Å²) < 4.78 is 5.25. The third-order valence-electron chi connectivity index (χ3n) is 2.85. The molecule has 0 aromatic heterocycles. The van der Waals surface area contributed by atoms with Crippen LogP contribution in [0.25, 0.3) is 0 Å². The summed E-state index contributed by atoms with van der Waals surface area (Å²) in [6.07, 6.45) is 0.244. The summed E-state index contributed by atoms with van der Waals surface area (Å²) in [6.45, 7) is 3.93. The van der Waals surface area contributed by atoms with Crippen molar-refractivity contribution in [2.45, 2.75) is 26.3 Å². The van der Waals surface area contributed by atoms with Gasteiger partial charge in [0.25, 0.3) is 0 Å². The van der Waals surface area contributed by atoms with Gasteiger partial charge in [-0.25, -0.2) is 5.43 Å². The van der Waals surface area contributed by atoms with E-state index >= 15 is 0 Å². The van der Waals surface area contributed by atoms with E-state index < -0.39 is 0 Å². The monoisotopic (exact) mass is 251 g/mol. The van der Waals surface area contributed by atoms with Crippen LogP contribution in [0.3, 0.4) is 0 Å². The van der Waals surface area contributed by atoms with Crippen molar-refractivity contribution >= 4 is 5.91 Å². The van der Waals surface area contributed by atoms with Crippen LogP contribution in [0.1, 0.15) is 29.2 Å². The second kappa shape index (κ2) is 6.37. The fraction of sp³-hybridized carbons (Fsp3) is 0.462. The lowest BCUT2D eigenvalue weighted by atomic mass is 9.96. The van der Waals surface area contributed by atoms with Gasteiger partial charge in [0.05, 0.1) is 7.11 Å². The molecule has 5 nitrogen and oxygen atoms in total. The van der Waals surface area contributed by atoms with Crippen LogP contribution in [0.15, 0.2) is 12.1 Å². The molecule has 0 fully saturated rings. The predicted molar refractivity (Wildman–Crippen MR) is 71.2 cm³/mol. The molecular weight excluding hydrogens is 230 g/mol. The highest BCUT2D eigenvalue weighted by Gasteiger charge is 2.15. The lowest BCUT2D eigenvalue weighted by Crippen LogP contribution is -2.36. The average Bonchev–Trinajstić information content (AvgIpc) is 2.31. The first-order valence-corrected chi connectivity index (χ1v) is 5.86. The lowest BCUT2D eigenvalue weighted by molar-refractivity contribution is -0.122. The standard InChI is InChI=1S/C13H21N3O2/c1-8-6-12(18-4)9(2)5-10(8)11(14)7-13(17)16-15-3/h5-6,11,15H,7,14H2,1-4H3,(H,16,17). The minimum Gasteiger partial charge on any atom is -0.496 e. The number of nitrogens with one attached hydrogen (secondary N) is 2. The Morgan fingerprint density at radius 3 is 2.61 bits per heavy atom. The van der Waals surface area contributed by atoms with Crippen LogP contribution in [0, 0.1) is 13.8 Å². The highest BCUT2D eigenvalue weighted by atomic mass is 16.5. The van der Waals surface area contributed by atoms with Crippen LogP contribution in [-0.4, -0.2) is 20.1 Å². The number of nitrogens with two attached hydrogens (primary N) is 1. The summed E-state index contributed by atoms with van der Waals surface area (Å²) >= 11 is 0. The van der Waals surface area contributed by atoms with Gasteiger partial charge in [0.1, 0.15) is 5.75 Å². The summed E-state index contributed by atoms with van der Waals surface area (Å²) in [5.74, 6) is 0.709. The van der Waals surface area contributed by atoms with E-state index in [0.29, 0.717) is 0 Å². The summed E-state index contributed by atoms with van der Waals surface area (Å²) in [5, 5.41) is 0. The van der Waals surface area contributed by atoms with Crippen LogP contribution in [0.5, 0.6) is 5.75 Å². The summed E-state index contributed by atoms with van der Waals surface area (Å²) in [5.41, 5.74) is 14.2. The molecule has 0 spiro atoms. The third kappa shape index (κ3) is 3.45. The number of aryl methyl sites for hydroxylation is 2. The van der Waals surface area contributed by atoms with E-state index in [-0.39, 0.29) is 18.4 Å². The van der Waals surface area contributed by atoms with E-state index in [1.54, 1.807) is 14.2 Å². The molecule has 1 rings (SSSR count). The molecule has 1 aromatic carbocycles. The number of ether oxygens (including phenoxy) is 1. The van der Waals surface area contributed by atoms with Gasteiger partial charge >= 0.3 is 0 Å². The number of carbonyl (C=O) groups is 1. The Bertz CT molecular complexity index is 432. The predicted octanol–water partition coefficient (Wildman–Crippen LogP) is 0.953. The molecule has 4 N–H and O–H groups in total. The zero-order valence-electron chi connectivity index (χ0n) is 11.3. The van der Waals surface area contributed by atoms with Gasteiger partial charge < -0.3 is 10.5 Å². The molecule has 0 radical (unpaired) electrons. The van der Waals surface area contributed by atoms with Gasteiger partial charge in [0.15, 0.2) is 0 Å². The Kier molecular flexibility index (Phi) is 5.12. The second-order valence-electron chi connectivity index (χ2n) is 4.29. The number of amides is 1. The first-order chi connectivity index (χ1) is 8.49. The van der Waals surface area contributed by atoms with Crippen molar-refractivity contribution in [1.29, 1.82) is 0 Å². The Labute approximate surface area is 108 Å². The van der Waals surface area contributed by atoms with Crippen molar-refractivity contribution in [2.24, 2.45) is 5.73 Å². The molecular formula is C13H21N3O2. The van der Waals surface area contributed by atoms with Crippen molar-refractivity contribution < 1.29 is 9.53 Å². The Morgan fingerprint density at radius 2 is 2.06 bits per heavy atom. The van der Waals surface area contributed by atoms with Crippen molar-refractivity contribution in [2.75, 3.05) is 14.2 Å². The first kappa shape index (κ1) is 14.5. The van der Waals surface area contributed by atoms with E-state index in [4.69, 9.17) is 10.5 Å². The molecule has 0 saturated carbocycles.